The number of likely N-dealkylation sites (tertiary alicyclic amines) is 2. The fourth-order valence-electron chi connectivity index (χ4n) is 7.41. The van der Waals surface area contributed by atoms with Gasteiger partial charge >= 0.3 is 12.2 Å². The molecule has 5 fully saturated rings. The lowest BCUT2D eigenvalue weighted by atomic mass is 9.56. The number of aromatic amines is 1. The zero-order chi connectivity index (χ0) is 25.6. The fourth-order valence-corrected chi connectivity index (χ4v) is 7.41. The first-order chi connectivity index (χ1) is 17.6. The molecule has 1 aromatic carbocycles. The van der Waals surface area contributed by atoms with E-state index in [4.69, 9.17) is 5.26 Å². The molecule has 2 spiro atoms. The van der Waals surface area contributed by atoms with Gasteiger partial charge in [-0.25, -0.2) is 4.79 Å². The van der Waals surface area contributed by atoms with Crippen LogP contribution in [0.2, 0.25) is 0 Å². The zero-order valence-electron chi connectivity index (χ0n) is 20.5. The number of hydrogen-bond acceptors (Lipinski definition) is 4. The quantitative estimate of drug-likeness (QED) is 0.638. The second kappa shape index (κ2) is 7.71. The van der Waals surface area contributed by atoms with Crippen LogP contribution in [0.4, 0.5) is 18.0 Å². The van der Waals surface area contributed by atoms with Crippen LogP contribution in [0.5, 0.6) is 0 Å². The number of H-pyrrole nitrogens is 1. The van der Waals surface area contributed by atoms with Crippen molar-refractivity contribution in [1.29, 1.82) is 5.26 Å². The van der Waals surface area contributed by atoms with Crippen LogP contribution in [0, 0.1) is 28.1 Å². The van der Waals surface area contributed by atoms with Gasteiger partial charge in [-0.1, -0.05) is 6.07 Å². The van der Waals surface area contributed by atoms with E-state index in [1.54, 1.807) is 6.07 Å². The maximum atomic E-state index is 13.0. The second-order valence-corrected chi connectivity index (χ2v) is 12.4. The Kier molecular flexibility index (Phi) is 4.81. The first-order valence-corrected chi connectivity index (χ1v) is 13.2. The van der Waals surface area contributed by atoms with Crippen molar-refractivity contribution >= 4 is 6.03 Å². The number of carbonyl (C=O) groups is 1. The number of carbonyl (C=O) groups excluding carboxylic acids is 1. The molecule has 7 rings (SSSR count). The van der Waals surface area contributed by atoms with Crippen molar-refractivity contribution in [3.8, 4) is 6.07 Å². The molecule has 3 heterocycles. The van der Waals surface area contributed by atoms with Gasteiger partial charge in [-0.05, 0) is 68.6 Å². The summed E-state index contributed by atoms with van der Waals surface area (Å²) in [6.07, 6.45) is 2.67. The number of aromatic nitrogens is 3. The van der Waals surface area contributed by atoms with Crippen LogP contribution >= 0.6 is 0 Å². The van der Waals surface area contributed by atoms with Crippen LogP contribution in [0.1, 0.15) is 78.7 Å². The van der Waals surface area contributed by atoms with Gasteiger partial charge < -0.3 is 14.8 Å². The third kappa shape index (κ3) is 3.89. The smallest absolute Gasteiger partial charge is 0.328 e. The molecule has 7 nitrogen and oxygen atoms in total. The van der Waals surface area contributed by atoms with E-state index in [1.807, 2.05) is 9.80 Å². The Morgan fingerprint density at radius 3 is 2.16 bits per heavy atom. The van der Waals surface area contributed by atoms with Crippen LogP contribution < -0.4 is 0 Å². The van der Waals surface area contributed by atoms with Gasteiger partial charge in [0.2, 0.25) is 0 Å². The maximum Gasteiger partial charge on any atom is 0.417 e. The fraction of sp³-hybridized carbons (Fsp3) is 0.630. The molecule has 0 atom stereocenters. The number of hydrogen-bond donors (Lipinski definition) is 1. The van der Waals surface area contributed by atoms with Crippen LogP contribution in [-0.4, -0.2) is 57.2 Å². The number of alkyl halides is 3. The molecule has 5 aliphatic rings. The highest BCUT2D eigenvalue weighted by molar-refractivity contribution is 5.77. The summed E-state index contributed by atoms with van der Waals surface area (Å²) in [5.41, 5.74) is 0.00707. The van der Waals surface area contributed by atoms with E-state index in [1.165, 1.54) is 25.0 Å². The molecule has 2 aliphatic heterocycles. The number of halogens is 3. The van der Waals surface area contributed by atoms with Crippen molar-refractivity contribution in [3.05, 3.63) is 46.5 Å². The molecule has 3 saturated carbocycles. The average molecular weight is 511 g/mol. The van der Waals surface area contributed by atoms with Crippen LogP contribution in [0.3, 0.4) is 0 Å². The predicted octanol–water partition coefficient (Wildman–Crippen LogP) is 4.83. The molecule has 2 saturated heterocycles. The number of rotatable bonds is 4. The summed E-state index contributed by atoms with van der Waals surface area (Å²) in [5.74, 6) is 3.46. The molecule has 0 bridgehead atoms. The number of nitrogens with zero attached hydrogens (tertiary/aromatic N) is 5. The van der Waals surface area contributed by atoms with Gasteiger partial charge in [0, 0.05) is 48.8 Å². The molecular weight excluding hydrogens is 481 g/mol. The Balaban J connectivity index is 0.856. The minimum Gasteiger partial charge on any atom is -0.328 e. The number of benzene rings is 1. The normalized spacial score (nSPS) is 24.3. The highest BCUT2D eigenvalue weighted by Gasteiger charge is 2.58. The molecule has 2 aromatic rings. The molecule has 1 N–H and O–H groups in total. The monoisotopic (exact) mass is 510 g/mol. The second-order valence-electron chi connectivity index (χ2n) is 12.4. The molecule has 0 radical (unpaired) electrons. The number of amides is 2. The van der Waals surface area contributed by atoms with Crippen LogP contribution in [0.15, 0.2) is 18.2 Å². The highest BCUT2D eigenvalue weighted by atomic mass is 19.4. The highest BCUT2D eigenvalue weighted by Crippen LogP contribution is 2.57. The Labute approximate surface area is 213 Å². The minimum absolute atomic E-state index is 0.139. The Hall–Kier alpha value is -3.09. The third-order valence-corrected chi connectivity index (χ3v) is 9.35. The molecule has 1 aromatic heterocycles. The summed E-state index contributed by atoms with van der Waals surface area (Å²) in [7, 11) is 0. The van der Waals surface area contributed by atoms with E-state index in [-0.39, 0.29) is 22.4 Å². The molecule has 2 amide bonds. The van der Waals surface area contributed by atoms with E-state index < -0.39 is 11.7 Å². The third-order valence-electron chi connectivity index (χ3n) is 9.35. The minimum atomic E-state index is -4.51. The zero-order valence-corrected chi connectivity index (χ0v) is 20.5. The number of nitriles is 1. The number of urea groups is 1. The van der Waals surface area contributed by atoms with Crippen molar-refractivity contribution in [2.45, 2.75) is 63.0 Å². The first-order valence-electron chi connectivity index (χ1n) is 13.2. The van der Waals surface area contributed by atoms with Crippen molar-refractivity contribution in [1.82, 2.24) is 25.0 Å². The Morgan fingerprint density at radius 2 is 1.59 bits per heavy atom. The lowest BCUT2D eigenvalue weighted by Crippen LogP contribution is -2.70. The summed E-state index contributed by atoms with van der Waals surface area (Å²) >= 11 is 0. The van der Waals surface area contributed by atoms with E-state index >= 15 is 0 Å². The molecule has 0 unspecified atom stereocenters. The first kappa shape index (κ1) is 23.1. The maximum absolute atomic E-state index is 13.0. The molecule has 194 valence electrons. The molecule has 37 heavy (non-hydrogen) atoms. The van der Waals surface area contributed by atoms with Crippen LogP contribution in [0.25, 0.3) is 0 Å². The predicted molar refractivity (Wildman–Crippen MR) is 126 cm³/mol. The topological polar surface area (TPSA) is 88.9 Å². The van der Waals surface area contributed by atoms with Gasteiger partial charge in [0.1, 0.15) is 11.6 Å². The standard InChI is InChI=1S/C27H29F3N6O/c28-27(29,30)21-4-1-16(6-19(21)11-31)5-17-7-25(8-17)12-35(13-25)24(37)36-14-26(15-36)9-20(10-26)23-32-22(33-34-23)18-2-3-18/h1,4,6,17-18,20H,2-3,5,7-10,12-15H2,(H,32,33,34). The van der Waals surface area contributed by atoms with Crippen molar-refractivity contribution in [2.75, 3.05) is 26.2 Å². The lowest BCUT2D eigenvalue weighted by molar-refractivity contribution is -0.137. The van der Waals surface area contributed by atoms with E-state index in [0.717, 1.165) is 75.1 Å². The largest absolute Gasteiger partial charge is 0.417 e. The Bertz CT molecular complexity index is 1280. The molecular formula is C27H29F3N6O. The molecule has 3 aliphatic carbocycles. The van der Waals surface area contributed by atoms with Crippen LogP contribution in [-0.2, 0) is 12.6 Å². The van der Waals surface area contributed by atoms with Crippen molar-refractivity contribution in [2.24, 2.45) is 16.7 Å². The van der Waals surface area contributed by atoms with Gasteiger partial charge in [0.05, 0.1) is 17.2 Å². The average Bonchev–Trinajstić information content (AvgIpc) is 3.49. The van der Waals surface area contributed by atoms with E-state index in [2.05, 4.69) is 15.2 Å². The summed E-state index contributed by atoms with van der Waals surface area (Å²) in [6, 6.07) is 5.71. The van der Waals surface area contributed by atoms with Crippen molar-refractivity contribution in [3.63, 3.8) is 0 Å². The SMILES string of the molecule is N#Cc1cc(CC2CC3(C2)CN(C(=O)N2CC4(CC(c5nnc(C6CC6)[nH]5)C4)C2)C3)ccc1C(F)(F)F. The van der Waals surface area contributed by atoms with Gasteiger partial charge in [-0.3, -0.25) is 0 Å². The summed E-state index contributed by atoms with van der Waals surface area (Å²) in [6.45, 7) is 3.19. The Morgan fingerprint density at radius 1 is 1.00 bits per heavy atom. The lowest BCUT2D eigenvalue weighted by Gasteiger charge is -2.63. The number of nitrogens with one attached hydrogen (secondary N) is 1. The van der Waals surface area contributed by atoms with Gasteiger partial charge in [-0.15, -0.1) is 10.2 Å². The van der Waals surface area contributed by atoms with Gasteiger partial charge in [0.25, 0.3) is 0 Å². The summed E-state index contributed by atoms with van der Waals surface area (Å²) in [5, 5.41) is 17.8. The van der Waals surface area contributed by atoms with Crippen molar-refractivity contribution < 1.29 is 18.0 Å². The van der Waals surface area contributed by atoms with Gasteiger partial charge in [-0.2, -0.15) is 18.4 Å². The van der Waals surface area contributed by atoms with Gasteiger partial charge in [0.15, 0.2) is 0 Å². The molecule has 10 heteroatoms. The summed E-state index contributed by atoms with van der Waals surface area (Å²) < 4.78 is 39.1. The summed E-state index contributed by atoms with van der Waals surface area (Å²) in [4.78, 5) is 20.3. The van der Waals surface area contributed by atoms with E-state index in [0.29, 0.717) is 24.2 Å². The van der Waals surface area contributed by atoms with E-state index in [9.17, 15) is 18.0 Å².